The van der Waals surface area contributed by atoms with Crippen LogP contribution in [0.3, 0.4) is 0 Å². The molecule has 1 aromatic heterocycles. The molecule has 0 fully saturated rings. The number of esters is 1. The van der Waals surface area contributed by atoms with E-state index < -0.39 is 12.0 Å². The van der Waals surface area contributed by atoms with E-state index in [1.165, 1.54) is 11.3 Å². The van der Waals surface area contributed by atoms with Gasteiger partial charge in [0.2, 0.25) is 0 Å². The van der Waals surface area contributed by atoms with Gasteiger partial charge in [0.25, 0.3) is 5.56 Å². The molecule has 3 aromatic carbocycles. The third kappa shape index (κ3) is 7.54. The maximum Gasteiger partial charge on any atom is 0.338 e. The second-order valence-corrected chi connectivity index (χ2v) is 15.2. The topological polar surface area (TPSA) is 79.1 Å². The Morgan fingerprint density at radius 3 is 2.50 bits per heavy atom. The molecule has 4 aromatic rings. The van der Waals surface area contributed by atoms with Crippen LogP contribution in [0.15, 0.2) is 74.1 Å². The molecule has 13 heteroatoms. The molecular formula is C33H27BrCl2I2N2O5S. The molecule has 240 valence electrons. The second kappa shape index (κ2) is 15.5. The first-order valence-corrected chi connectivity index (χ1v) is 18.7. The summed E-state index contributed by atoms with van der Waals surface area (Å²) in [6.45, 7) is 4.25. The van der Waals surface area contributed by atoms with E-state index in [4.69, 9.17) is 42.4 Å². The summed E-state index contributed by atoms with van der Waals surface area (Å²) < 4.78 is 22.0. The van der Waals surface area contributed by atoms with Gasteiger partial charge in [-0.05, 0) is 113 Å². The molecular weight excluding hydrogens is 941 g/mol. The second-order valence-electron chi connectivity index (χ2n) is 10.1. The highest BCUT2D eigenvalue weighted by Gasteiger charge is 2.36. The highest BCUT2D eigenvalue weighted by molar-refractivity contribution is 14.1. The van der Waals surface area contributed by atoms with E-state index >= 15 is 0 Å². The molecule has 46 heavy (non-hydrogen) atoms. The summed E-state index contributed by atoms with van der Waals surface area (Å²) in [5, 5.41) is 1.10. The minimum atomic E-state index is -0.790. The third-order valence-electron chi connectivity index (χ3n) is 7.08. The lowest BCUT2D eigenvalue weighted by Gasteiger charge is -2.27. The first-order chi connectivity index (χ1) is 22.1. The van der Waals surface area contributed by atoms with Crippen molar-refractivity contribution in [3.8, 4) is 11.5 Å². The lowest BCUT2D eigenvalue weighted by Crippen LogP contribution is -2.40. The zero-order valence-corrected chi connectivity index (χ0v) is 33.1. The van der Waals surface area contributed by atoms with Crippen LogP contribution in [0, 0.1) is 7.14 Å². The average Bonchev–Trinajstić information content (AvgIpc) is 3.31. The number of carbonyl (C=O) groups is 1. The van der Waals surface area contributed by atoms with Gasteiger partial charge in [0, 0.05) is 25.6 Å². The van der Waals surface area contributed by atoms with Crippen LogP contribution < -0.4 is 24.4 Å². The minimum absolute atomic E-state index is 0.193. The molecule has 0 aliphatic carbocycles. The maximum atomic E-state index is 14.2. The number of rotatable bonds is 10. The molecule has 7 nitrogen and oxygen atoms in total. The van der Waals surface area contributed by atoms with E-state index in [1.54, 1.807) is 30.7 Å². The van der Waals surface area contributed by atoms with Gasteiger partial charge >= 0.3 is 5.97 Å². The monoisotopic (exact) mass is 966 g/mol. The van der Waals surface area contributed by atoms with Gasteiger partial charge in [0.15, 0.2) is 4.80 Å². The van der Waals surface area contributed by atoms with Crippen LogP contribution in [-0.2, 0) is 16.1 Å². The van der Waals surface area contributed by atoms with Crippen molar-refractivity contribution in [1.82, 2.24) is 4.57 Å². The number of halogens is 5. The summed E-state index contributed by atoms with van der Waals surface area (Å²) >= 11 is 21.7. The Kier molecular flexibility index (Phi) is 12.0. The molecule has 0 N–H and O–H groups in total. The Labute approximate surface area is 315 Å². The highest BCUT2D eigenvalue weighted by Crippen LogP contribution is 2.38. The molecule has 0 saturated heterocycles. The zero-order chi connectivity index (χ0) is 33.1. The Balaban J connectivity index is 1.62. The molecule has 1 aliphatic rings. The molecule has 5 rings (SSSR count). The molecule has 1 aliphatic heterocycles. The van der Waals surface area contributed by atoms with Crippen molar-refractivity contribution < 1.29 is 19.0 Å². The van der Waals surface area contributed by atoms with Crippen molar-refractivity contribution in [1.29, 1.82) is 0 Å². The van der Waals surface area contributed by atoms with Crippen LogP contribution in [0.5, 0.6) is 11.5 Å². The van der Waals surface area contributed by atoms with E-state index in [9.17, 15) is 9.59 Å². The van der Waals surface area contributed by atoms with Crippen LogP contribution in [0.4, 0.5) is 0 Å². The summed E-state index contributed by atoms with van der Waals surface area (Å²) in [5.74, 6) is 0.758. The smallest absolute Gasteiger partial charge is 0.338 e. The van der Waals surface area contributed by atoms with Crippen molar-refractivity contribution in [3.05, 3.63) is 118 Å². The maximum absolute atomic E-state index is 14.2. The summed E-state index contributed by atoms with van der Waals surface area (Å²) in [7, 11) is 1.57. The number of nitrogens with zero attached hydrogens (tertiary/aromatic N) is 2. The van der Waals surface area contributed by atoms with Gasteiger partial charge in [-0.15, -0.1) is 0 Å². The number of benzene rings is 3. The molecule has 0 radical (unpaired) electrons. The molecule has 0 spiro atoms. The molecule has 1 atom stereocenters. The average molecular weight is 968 g/mol. The molecule has 0 amide bonds. The van der Waals surface area contributed by atoms with E-state index in [2.05, 4.69) is 61.1 Å². The fourth-order valence-corrected chi connectivity index (χ4v) is 9.06. The standard InChI is InChI=1S/C33H27BrCl2I2N2O5S/c1-4-6-25-28(32(42)44-5-2)29(21-14-19(34)8-10-26(21)43-3)40-31(41)27(46-33(40)39-25)13-17-11-23(37)30(24(38)12-17)45-16-18-7-9-20(35)15-22(18)36/h7-15,29H,4-6,16H2,1-3H3/b27-13+/t29-/m0/s1. The fourth-order valence-electron chi connectivity index (χ4n) is 5.07. The molecule has 0 unspecified atom stereocenters. The summed E-state index contributed by atoms with van der Waals surface area (Å²) in [6.07, 6.45) is 3.15. The predicted octanol–water partition coefficient (Wildman–Crippen LogP) is 8.44. The first-order valence-electron chi connectivity index (χ1n) is 14.2. The number of aromatic nitrogens is 1. The molecule has 0 bridgehead atoms. The largest absolute Gasteiger partial charge is 0.496 e. The van der Waals surface area contributed by atoms with Gasteiger partial charge < -0.3 is 14.2 Å². The van der Waals surface area contributed by atoms with Gasteiger partial charge in [-0.3, -0.25) is 9.36 Å². The summed E-state index contributed by atoms with van der Waals surface area (Å²) in [4.78, 5) is 33.1. The van der Waals surface area contributed by atoms with Crippen LogP contribution in [0.1, 0.15) is 49.4 Å². The Morgan fingerprint density at radius 2 is 1.85 bits per heavy atom. The van der Waals surface area contributed by atoms with Crippen molar-refractivity contribution >= 4 is 108 Å². The van der Waals surface area contributed by atoms with Crippen molar-refractivity contribution in [2.75, 3.05) is 13.7 Å². The number of carbonyl (C=O) groups excluding carboxylic acids is 1. The van der Waals surface area contributed by atoms with E-state index in [0.717, 1.165) is 34.9 Å². The van der Waals surface area contributed by atoms with Gasteiger partial charge in [0.05, 0.1) is 36.7 Å². The Bertz CT molecular complexity index is 2020. The van der Waals surface area contributed by atoms with Gasteiger partial charge in [0.1, 0.15) is 24.1 Å². The number of fused-ring (bicyclic) bond motifs is 1. The Hall–Kier alpha value is -1.91. The number of thiazole rings is 1. The Morgan fingerprint density at radius 1 is 1.11 bits per heavy atom. The lowest BCUT2D eigenvalue weighted by atomic mass is 9.93. The van der Waals surface area contributed by atoms with Crippen molar-refractivity contribution in [3.63, 3.8) is 0 Å². The lowest BCUT2D eigenvalue weighted by molar-refractivity contribution is -0.139. The summed E-state index contributed by atoms with van der Waals surface area (Å²) in [5.41, 5.74) is 2.98. The minimum Gasteiger partial charge on any atom is -0.496 e. The van der Waals surface area contributed by atoms with Crippen LogP contribution in [-0.4, -0.2) is 24.3 Å². The number of hydrogen-bond donors (Lipinski definition) is 0. The number of ether oxygens (including phenoxy) is 3. The molecule has 0 saturated carbocycles. The van der Waals surface area contributed by atoms with Gasteiger partial charge in [-0.1, -0.05) is 69.9 Å². The van der Waals surface area contributed by atoms with Crippen molar-refractivity contribution in [2.24, 2.45) is 4.99 Å². The van der Waals surface area contributed by atoms with Gasteiger partial charge in [-0.2, -0.15) is 0 Å². The SMILES string of the molecule is CCCC1=C(C(=O)OCC)[C@H](c2cc(Br)ccc2OC)n2c(s/c(=C/c3cc(I)c(OCc4ccc(Cl)cc4Cl)c(I)c3)c2=O)=N1. The fraction of sp³-hybridized carbons (Fsp3) is 0.242. The van der Waals surface area contributed by atoms with E-state index in [-0.39, 0.29) is 18.8 Å². The summed E-state index contributed by atoms with van der Waals surface area (Å²) in [6, 6.07) is 14.0. The normalized spacial score (nSPS) is 14.6. The quantitative estimate of drug-likeness (QED) is 0.118. The van der Waals surface area contributed by atoms with Crippen LogP contribution >= 0.6 is 95.7 Å². The number of allylic oxidation sites excluding steroid dienone is 1. The van der Waals surface area contributed by atoms with Crippen LogP contribution in [0.25, 0.3) is 6.08 Å². The van der Waals surface area contributed by atoms with Crippen LogP contribution in [0.2, 0.25) is 10.0 Å². The van der Waals surface area contributed by atoms with E-state index in [0.29, 0.717) is 48.4 Å². The van der Waals surface area contributed by atoms with Crippen molar-refractivity contribution in [2.45, 2.75) is 39.3 Å². The van der Waals surface area contributed by atoms with Gasteiger partial charge in [-0.25, -0.2) is 9.79 Å². The number of methoxy groups -OCH3 is 1. The third-order valence-corrected chi connectivity index (χ3v) is 10.7. The van der Waals surface area contributed by atoms with E-state index in [1.807, 2.05) is 49.4 Å². The number of hydrogen-bond acceptors (Lipinski definition) is 7. The molecule has 2 heterocycles. The zero-order valence-electron chi connectivity index (χ0n) is 24.8. The predicted molar refractivity (Wildman–Crippen MR) is 203 cm³/mol. The highest BCUT2D eigenvalue weighted by atomic mass is 127. The first kappa shape index (κ1) is 35.4.